The van der Waals surface area contributed by atoms with Gasteiger partial charge in [0, 0.05) is 26.6 Å². The van der Waals surface area contributed by atoms with Gasteiger partial charge in [0.2, 0.25) is 5.89 Å². The van der Waals surface area contributed by atoms with Crippen LogP contribution in [0.3, 0.4) is 0 Å². The Morgan fingerprint density at radius 2 is 2.16 bits per heavy atom. The van der Waals surface area contributed by atoms with Crippen LogP contribution < -0.4 is 0 Å². The first-order valence-electron chi connectivity index (χ1n) is 8.68. The number of ether oxygens (including phenoxy) is 1. The largest absolute Gasteiger partial charge is 0.377 e. The van der Waals surface area contributed by atoms with Crippen LogP contribution in [0.15, 0.2) is 28.8 Å². The second-order valence-corrected chi connectivity index (χ2v) is 6.63. The Labute approximate surface area is 146 Å². The van der Waals surface area contributed by atoms with Gasteiger partial charge in [-0.3, -0.25) is 4.90 Å². The van der Waals surface area contributed by atoms with Gasteiger partial charge in [0.25, 0.3) is 0 Å². The lowest BCUT2D eigenvalue weighted by molar-refractivity contribution is 0.170. The quantitative estimate of drug-likeness (QED) is 0.710. The lowest BCUT2D eigenvalue weighted by Gasteiger charge is -2.31. The average Bonchev–Trinajstić information content (AvgIpc) is 3.20. The predicted molar refractivity (Wildman–Crippen MR) is 93.0 cm³/mol. The third-order valence-electron chi connectivity index (χ3n) is 4.83. The molecule has 0 spiro atoms. The zero-order valence-corrected chi connectivity index (χ0v) is 14.7. The summed E-state index contributed by atoms with van der Waals surface area (Å²) in [7, 11) is 3.74. The molecular formula is C18H23N5O2. The minimum Gasteiger partial charge on any atom is -0.377 e. The van der Waals surface area contributed by atoms with Crippen LogP contribution in [-0.4, -0.2) is 44.8 Å². The maximum atomic E-state index is 5.33. The van der Waals surface area contributed by atoms with E-state index in [9.17, 15) is 0 Å². The Bertz CT molecular complexity index is 856. The van der Waals surface area contributed by atoms with Crippen molar-refractivity contribution in [3.63, 3.8) is 0 Å². The molecule has 0 saturated carbocycles. The standard InChI is InChI=1S/C18H23N5O2/c1-22-15-8-4-3-7-14(15)19-18(22)13-6-5-9-23(10-13)11-17-20-16(12-24-2)21-25-17/h3-4,7-8,13H,5-6,9-12H2,1-2H3/t13-/m0/s1. The van der Waals surface area contributed by atoms with Crippen LogP contribution in [0.5, 0.6) is 0 Å². The summed E-state index contributed by atoms with van der Waals surface area (Å²) in [5.41, 5.74) is 2.26. The van der Waals surface area contributed by atoms with E-state index in [0.29, 0.717) is 30.8 Å². The van der Waals surface area contributed by atoms with Gasteiger partial charge >= 0.3 is 0 Å². The molecule has 3 heterocycles. The molecule has 0 N–H and O–H groups in total. The number of aromatic nitrogens is 4. The normalized spacial score (nSPS) is 18.9. The van der Waals surface area contributed by atoms with E-state index in [2.05, 4.69) is 44.9 Å². The van der Waals surface area contributed by atoms with Crippen LogP contribution in [0.4, 0.5) is 0 Å². The molecule has 0 unspecified atom stereocenters. The number of imidazole rings is 1. The zero-order valence-electron chi connectivity index (χ0n) is 14.7. The van der Waals surface area contributed by atoms with Crippen molar-refractivity contribution < 1.29 is 9.26 Å². The van der Waals surface area contributed by atoms with Crippen LogP contribution in [-0.2, 0) is 24.9 Å². The Morgan fingerprint density at radius 3 is 3.00 bits per heavy atom. The van der Waals surface area contributed by atoms with Crippen molar-refractivity contribution in [1.82, 2.24) is 24.6 Å². The summed E-state index contributed by atoms with van der Waals surface area (Å²) < 4.78 is 12.6. The summed E-state index contributed by atoms with van der Waals surface area (Å²) in [5, 5.41) is 3.94. The van der Waals surface area contributed by atoms with Crippen molar-refractivity contribution in [1.29, 1.82) is 0 Å². The molecule has 3 aromatic rings. The van der Waals surface area contributed by atoms with Crippen LogP contribution in [0.25, 0.3) is 11.0 Å². The van der Waals surface area contributed by atoms with Gasteiger partial charge in [0.1, 0.15) is 12.4 Å². The van der Waals surface area contributed by atoms with Gasteiger partial charge < -0.3 is 13.8 Å². The smallest absolute Gasteiger partial charge is 0.240 e. The van der Waals surface area contributed by atoms with Gasteiger partial charge in [0.15, 0.2) is 5.82 Å². The molecule has 1 atom stereocenters. The first-order valence-corrected chi connectivity index (χ1v) is 8.68. The van der Waals surface area contributed by atoms with Gasteiger partial charge in [-0.05, 0) is 31.5 Å². The topological polar surface area (TPSA) is 69.2 Å². The molecule has 1 aliphatic rings. The number of rotatable bonds is 5. The third-order valence-corrected chi connectivity index (χ3v) is 4.83. The van der Waals surface area contributed by atoms with Crippen LogP contribution in [0, 0.1) is 0 Å². The SMILES string of the molecule is COCc1noc(CN2CCC[C@H](c3nc4ccccc4n3C)C2)n1. The van der Waals surface area contributed by atoms with Crippen molar-refractivity contribution in [3.05, 3.63) is 41.8 Å². The molecule has 7 heteroatoms. The number of hydrogen-bond acceptors (Lipinski definition) is 6. The fraction of sp³-hybridized carbons (Fsp3) is 0.500. The fourth-order valence-corrected chi connectivity index (χ4v) is 3.67. The first kappa shape index (κ1) is 16.2. The van der Waals surface area contributed by atoms with E-state index in [0.717, 1.165) is 37.3 Å². The maximum Gasteiger partial charge on any atom is 0.240 e. The Hall–Kier alpha value is -2.25. The van der Waals surface area contributed by atoms with E-state index in [4.69, 9.17) is 14.2 Å². The molecule has 4 rings (SSSR count). The molecule has 1 fully saturated rings. The molecule has 0 bridgehead atoms. The van der Waals surface area contributed by atoms with E-state index in [1.165, 1.54) is 5.52 Å². The Morgan fingerprint density at radius 1 is 1.28 bits per heavy atom. The maximum absolute atomic E-state index is 5.33. The number of methoxy groups -OCH3 is 1. The van der Waals surface area contributed by atoms with Crippen molar-refractivity contribution in [3.8, 4) is 0 Å². The molecule has 1 aliphatic heterocycles. The highest BCUT2D eigenvalue weighted by molar-refractivity contribution is 5.75. The Kier molecular flexibility index (Phi) is 4.50. The van der Waals surface area contributed by atoms with Crippen LogP contribution in [0.2, 0.25) is 0 Å². The van der Waals surface area contributed by atoms with Crippen molar-refractivity contribution >= 4 is 11.0 Å². The molecule has 0 amide bonds. The highest BCUT2D eigenvalue weighted by atomic mass is 16.5. The molecule has 1 saturated heterocycles. The number of likely N-dealkylation sites (tertiary alicyclic amines) is 1. The number of nitrogens with zero attached hydrogens (tertiary/aromatic N) is 5. The molecule has 1 aromatic carbocycles. The first-order chi connectivity index (χ1) is 12.2. The van der Waals surface area contributed by atoms with Gasteiger partial charge in [-0.1, -0.05) is 17.3 Å². The van der Waals surface area contributed by atoms with Crippen molar-refractivity contribution in [2.24, 2.45) is 7.05 Å². The summed E-state index contributed by atoms with van der Waals surface area (Å²) in [4.78, 5) is 11.6. The zero-order chi connectivity index (χ0) is 17.2. The number of fused-ring (bicyclic) bond motifs is 1. The molecule has 0 aliphatic carbocycles. The van der Waals surface area contributed by atoms with Gasteiger partial charge in [-0.2, -0.15) is 4.98 Å². The molecule has 7 nitrogen and oxygen atoms in total. The van der Waals surface area contributed by atoms with E-state index in [-0.39, 0.29) is 0 Å². The Balaban J connectivity index is 1.49. The summed E-state index contributed by atoms with van der Waals surface area (Å²) in [6.45, 7) is 3.06. The number of hydrogen-bond donors (Lipinski definition) is 0. The molecule has 2 aromatic heterocycles. The van der Waals surface area contributed by atoms with Crippen LogP contribution in [0.1, 0.15) is 36.3 Å². The minimum absolute atomic E-state index is 0.381. The van der Waals surface area contributed by atoms with Crippen LogP contribution >= 0.6 is 0 Å². The van der Waals surface area contributed by atoms with E-state index >= 15 is 0 Å². The minimum atomic E-state index is 0.381. The number of benzene rings is 1. The number of aryl methyl sites for hydroxylation is 1. The monoisotopic (exact) mass is 341 g/mol. The lowest BCUT2D eigenvalue weighted by Crippen LogP contribution is -2.34. The number of piperidine rings is 1. The highest BCUT2D eigenvalue weighted by Crippen LogP contribution is 2.29. The fourth-order valence-electron chi connectivity index (χ4n) is 3.67. The molecule has 25 heavy (non-hydrogen) atoms. The summed E-state index contributed by atoms with van der Waals surface area (Å²) in [6.07, 6.45) is 2.30. The second kappa shape index (κ2) is 6.93. The van der Waals surface area contributed by atoms with E-state index < -0.39 is 0 Å². The average molecular weight is 341 g/mol. The summed E-state index contributed by atoms with van der Waals surface area (Å²) in [5.74, 6) is 2.84. The third kappa shape index (κ3) is 3.29. The molecule has 132 valence electrons. The summed E-state index contributed by atoms with van der Waals surface area (Å²) >= 11 is 0. The van der Waals surface area contributed by atoms with E-state index in [1.54, 1.807) is 7.11 Å². The molecular weight excluding hydrogens is 318 g/mol. The van der Waals surface area contributed by atoms with Gasteiger partial charge in [-0.25, -0.2) is 4.98 Å². The second-order valence-electron chi connectivity index (χ2n) is 6.63. The number of para-hydroxylation sites is 2. The predicted octanol–water partition coefficient (Wildman–Crippen LogP) is 2.48. The van der Waals surface area contributed by atoms with Crippen molar-refractivity contribution in [2.75, 3.05) is 20.2 Å². The van der Waals surface area contributed by atoms with Gasteiger partial charge in [0.05, 0.1) is 17.6 Å². The van der Waals surface area contributed by atoms with Gasteiger partial charge in [-0.15, -0.1) is 0 Å². The van der Waals surface area contributed by atoms with Crippen molar-refractivity contribution in [2.45, 2.75) is 31.9 Å². The van der Waals surface area contributed by atoms with E-state index in [1.807, 2.05) is 6.07 Å². The highest BCUT2D eigenvalue weighted by Gasteiger charge is 2.26. The lowest BCUT2D eigenvalue weighted by atomic mass is 9.97. The molecule has 0 radical (unpaired) electrons. The summed E-state index contributed by atoms with van der Waals surface area (Å²) in [6, 6.07) is 8.31.